The van der Waals surface area contributed by atoms with Gasteiger partial charge in [0.25, 0.3) is 0 Å². The maximum absolute atomic E-state index is 6.37. The maximum atomic E-state index is 6.37. The molecule has 5 rings (SSSR count). The minimum absolute atomic E-state index is 0.107. The van der Waals surface area contributed by atoms with Crippen LogP contribution >= 0.6 is 0 Å². The summed E-state index contributed by atoms with van der Waals surface area (Å²) in [6.45, 7) is 13.1. The van der Waals surface area contributed by atoms with Crippen LogP contribution in [0.3, 0.4) is 0 Å². The predicted molar refractivity (Wildman–Crippen MR) is 159 cm³/mol. The molecule has 0 unspecified atom stereocenters. The van der Waals surface area contributed by atoms with E-state index >= 15 is 0 Å². The topological polar surface area (TPSA) is 22.6 Å². The van der Waals surface area contributed by atoms with Crippen molar-refractivity contribution in [2.45, 2.75) is 52.4 Å². The van der Waals surface area contributed by atoms with Crippen molar-refractivity contribution in [1.82, 2.24) is 0 Å². The molecule has 0 fully saturated rings. The second-order valence-electron chi connectivity index (χ2n) is 12.0. The SMILES string of the molecule is CC(C)(C)c1cc(-c2ccc(-c3cc(-c4ccccc4)[o+]c(C(C)(C)C)c3)cc2)cc(-c2ccccc2)[o+]1. The van der Waals surface area contributed by atoms with Crippen LogP contribution in [0.5, 0.6) is 0 Å². The predicted octanol–water partition coefficient (Wildman–Crippen LogP) is 10.7. The Morgan fingerprint density at radius 3 is 1.03 bits per heavy atom. The lowest BCUT2D eigenvalue weighted by molar-refractivity contribution is 0.406. The van der Waals surface area contributed by atoms with E-state index in [0.717, 1.165) is 56.4 Å². The lowest BCUT2D eigenvalue weighted by atomic mass is 9.89. The quantitative estimate of drug-likeness (QED) is 0.229. The van der Waals surface area contributed by atoms with Crippen LogP contribution in [0, 0.1) is 0 Å². The first-order valence-corrected chi connectivity index (χ1v) is 13.3. The van der Waals surface area contributed by atoms with Crippen LogP contribution in [0.15, 0.2) is 118 Å². The lowest BCUT2D eigenvalue weighted by Gasteiger charge is -2.12. The number of rotatable bonds is 4. The third-order valence-corrected chi connectivity index (χ3v) is 6.73. The molecule has 0 atom stereocenters. The Morgan fingerprint density at radius 1 is 0.368 bits per heavy atom. The molecule has 0 aliphatic rings. The van der Waals surface area contributed by atoms with Crippen molar-refractivity contribution in [2.24, 2.45) is 0 Å². The van der Waals surface area contributed by atoms with Gasteiger partial charge >= 0.3 is 23.0 Å². The first-order valence-electron chi connectivity index (χ1n) is 13.3. The van der Waals surface area contributed by atoms with Crippen LogP contribution in [0.4, 0.5) is 0 Å². The molecule has 0 aliphatic heterocycles. The number of benzene rings is 3. The number of hydrogen-bond acceptors (Lipinski definition) is 0. The van der Waals surface area contributed by atoms with E-state index in [2.05, 4.69) is 114 Å². The van der Waals surface area contributed by atoms with Crippen LogP contribution in [-0.2, 0) is 10.8 Å². The van der Waals surface area contributed by atoms with E-state index in [1.807, 2.05) is 36.4 Å². The summed E-state index contributed by atoms with van der Waals surface area (Å²) in [5.41, 5.74) is 6.55. The maximum Gasteiger partial charge on any atom is 0.360 e. The minimum atomic E-state index is -0.107. The van der Waals surface area contributed by atoms with Gasteiger partial charge in [0.1, 0.15) is 0 Å². The van der Waals surface area contributed by atoms with Gasteiger partial charge in [-0.2, -0.15) is 0 Å². The summed E-state index contributed by atoms with van der Waals surface area (Å²) in [5.74, 6) is 3.68. The van der Waals surface area contributed by atoms with Crippen molar-refractivity contribution in [1.29, 1.82) is 0 Å². The summed E-state index contributed by atoms with van der Waals surface area (Å²) in [5, 5.41) is 0. The Bertz CT molecular complexity index is 1420. The summed E-state index contributed by atoms with van der Waals surface area (Å²) in [6, 6.07) is 38.1. The smallest absolute Gasteiger partial charge is 0.212 e. The highest BCUT2D eigenvalue weighted by atomic mass is 16.3. The Balaban J connectivity index is 1.57. The van der Waals surface area contributed by atoms with Gasteiger partial charge < -0.3 is 0 Å². The standard InChI is InChI=1S/C36H36O2/c1-35(2,3)33-23-29(21-31(37-33)27-13-9-7-10-14-27)25-17-19-26(20-18-25)30-22-32(28-15-11-8-12-16-28)38-34(24-30)36(4,5)6/h7-24H,1-6H3/q+2. The van der Waals surface area contributed by atoms with Gasteiger partial charge in [0.2, 0.25) is 0 Å². The molecule has 0 saturated carbocycles. The van der Waals surface area contributed by atoms with Crippen LogP contribution in [0.2, 0.25) is 0 Å². The Morgan fingerprint density at radius 2 is 0.711 bits per heavy atom. The molecule has 0 amide bonds. The van der Waals surface area contributed by atoms with Gasteiger partial charge in [-0.05, 0) is 76.9 Å². The van der Waals surface area contributed by atoms with Gasteiger partial charge in [-0.25, -0.2) is 8.83 Å². The van der Waals surface area contributed by atoms with Crippen LogP contribution < -0.4 is 0 Å². The Kier molecular flexibility index (Phi) is 6.75. The van der Waals surface area contributed by atoms with E-state index in [1.165, 1.54) is 0 Å². The van der Waals surface area contributed by atoms with Crippen LogP contribution in [-0.4, -0.2) is 0 Å². The molecule has 3 aromatic carbocycles. The van der Waals surface area contributed by atoms with E-state index in [0.29, 0.717) is 0 Å². The second-order valence-corrected chi connectivity index (χ2v) is 12.0. The highest BCUT2D eigenvalue weighted by Gasteiger charge is 2.31. The summed E-state index contributed by atoms with van der Waals surface area (Å²) in [6.07, 6.45) is 0. The molecule has 0 radical (unpaired) electrons. The van der Waals surface area contributed by atoms with Crippen LogP contribution in [0.25, 0.3) is 44.9 Å². The monoisotopic (exact) mass is 500 g/mol. The largest absolute Gasteiger partial charge is 0.360 e. The van der Waals surface area contributed by atoms with Crippen molar-refractivity contribution >= 4 is 0 Å². The summed E-state index contributed by atoms with van der Waals surface area (Å²) >= 11 is 0. The van der Waals surface area contributed by atoms with Crippen molar-refractivity contribution in [2.75, 3.05) is 0 Å². The van der Waals surface area contributed by atoms with Crippen molar-refractivity contribution in [3.63, 3.8) is 0 Å². The highest BCUT2D eigenvalue weighted by molar-refractivity contribution is 5.75. The minimum Gasteiger partial charge on any atom is -0.212 e. The zero-order valence-corrected chi connectivity index (χ0v) is 23.2. The van der Waals surface area contributed by atoms with E-state index in [4.69, 9.17) is 8.83 Å². The first kappa shape index (κ1) is 25.6. The first-order chi connectivity index (χ1) is 18.1. The van der Waals surface area contributed by atoms with E-state index in [1.54, 1.807) is 0 Å². The molecule has 38 heavy (non-hydrogen) atoms. The molecule has 0 spiro atoms. The summed E-state index contributed by atoms with van der Waals surface area (Å²) < 4.78 is 12.7. The normalized spacial score (nSPS) is 11.9. The van der Waals surface area contributed by atoms with E-state index in [9.17, 15) is 0 Å². The van der Waals surface area contributed by atoms with E-state index < -0.39 is 0 Å². The highest BCUT2D eigenvalue weighted by Crippen LogP contribution is 2.36. The van der Waals surface area contributed by atoms with Crippen molar-refractivity contribution < 1.29 is 8.83 Å². The van der Waals surface area contributed by atoms with Gasteiger partial charge in [0, 0.05) is 23.3 Å². The molecule has 0 aliphatic carbocycles. The van der Waals surface area contributed by atoms with Gasteiger partial charge in [0.15, 0.2) is 0 Å². The molecule has 190 valence electrons. The molecule has 0 saturated heterocycles. The molecule has 2 heteroatoms. The Hall–Kier alpha value is -4.04. The molecule has 0 N–H and O–H groups in total. The van der Waals surface area contributed by atoms with Crippen molar-refractivity contribution in [3.8, 4) is 44.9 Å². The van der Waals surface area contributed by atoms with Crippen LogP contribution in [0.1, 0.15) is 53.1 Å². The molecule has 0 bridgehead atoms. The van der Waals surface area contributed by atoms with Gasteiger partial charge in [-0.1, -0.05) is 60.7 Å². The molecular weight excluding hydrogens is 464 g/mol. The Labute approximate surface area is 226 Å². The van der Waals surface area contributed by atoms with Crippen molar-refractivity contribution in [3.05, 3.63) is 121 Å². The second kappa shape index (κ2) is 10.0. The molecule has 5 aromatic rings. The molecule has 2 heterocycles. The fourth-order valence-corrected chi connectivity index (χ4v) is 4.42. The third-order valence-electron chi connectivity index (χ3n) is 6.73. The fraction of sp³-hybridized carbons (Fsp3) is 0.222. The third kappa shape index (κ3) is 5.60. The number of hydrogen-bond donors (Lipinski definition) is 0. The molecule has 2 aromatic heterocycles. The average molecular weight is 501 g/mol. The fourth-order valence-electron chi connectivity index (χ4n) is 4.42. The van der Waals surface area contributed by atoms with Gasteiger partial charge in [0.05, 0.1) is 34.1 Å². The zero-order valence-electron chi connectivity index (χ0n) is 23.2. The molecular formula is C36H36O2+2. The van der Waals surface area contributed by atoms with Gasteiger partial charge in [-0.3, -0.25) is 0 Å². The summed E-state index contributed by atoms with van der Waals surface area (Å²) in [4.78, 5) is 0. The summed E-state index contributed by atoms with van der Waals surface area (Å²) in [7, 11) is 0. The molecule has 2 nitrogen and oxygen atoms in total. The lowest BCUT2D eigenvalue weighted by Crippen LogP contribution is -2.11. The van der Waals surface area contributed by atoms with Gasteiger partial charge in [-0.15, -0.1) is 0 Å². The van der Waals surface area contributed by atoms with E-state index in [-0.39, 0.29) is 10.8 Å². The average Bonchev–Trinajstić information content (AvgIpc) is 2.93. The zero-order chi connectivity index (χ0) is 26.9.